The van der Waals surface area contributed by atoms with Crippen LogP contribution in [0.4, 0.5) is 0 Å². The van der Waals surface area contributed by atoms with Gasteiger partial charge in [0.2, 0.25) is 5.91 Å². The molecule has 0 aromatic carbocycles. The molecule has 5 heteroatoms. The number of rotatable bonds is 5. The van der Waals surface area contributed by atoms with Crippen LogP contribution in [-0.2, 0) is 4.79 Å². The summed E-state index contributed by atoms with van der Waals surface area (Å²) in [4.78, 5) is 14.2. The fourth-order valence-electron chi connectivity index (χ4n) is 2.94. The van der Waals surface area contributed by atoms with Gasteiger partial charge in [-0.3, -0.25) is 4.79 Å². The molecule has 0 aliphatic carbocycles. The van der Waals surface area contributed by atoms with Gasteiger partial charge in [0.15, 0.2) is 0 Å². The average molecular weight is 255 g/mol. The van der Waals surface area contributed by atoms with Crippen molar-refractivity contribution in [1.82, 2.24) is 15.5 Å². The second kappa shape index (κ2) is 7.07. The molecule has 0 aromatic heterocycles. The van der Waals surface area contributed by atoms with E-state index in [1.165, 1.54) is 12.8 Å². The maximum Gasteiger partial charge on any atom is 0.237 e. The predicted molar refractivity (Wildman–Crippen MR) is 70.3 cm³/mol. The van der Waals surface area contributed by atoms with Crippen molar-refractivity contribution in [2.75, 3.05) is 39.3 Å². The van der Waals surface area contributed by atoms with E-state index >= 15 is 0 Å². The van der Waals surface area contributed by atoms with E-state index in [0.717, 1.165) is 45.6 Å². The third-order valence-electron chi connectivity index (χ3n) is 3.96. The van der Waals surface area contributed by atoms with Crippen molar-refractivity contribution in [3.63, 3.8) is 0 Å². The molecule has 2 unspecified atom stereocenters. The number of carbonyl (C=O) groups is 1. The molecule has 104 valence electrons. The van der Waals surface area contributed by atoms with E-state index in [1.807, 2.05) is 0 Å². The summed E-state index contributed by atoms with van der Waals surface area (Å²) in [6, 6.07) is 0.0298. The van der Waals surface area contributed by atoms with Crippen LogP contribution in [0.25, 0.3) is 0 Å². The SMILES string of the molecule is O=C(NCC1CCCN(CCO)C1)C1CCCN1. The van der Waals surface area contributed by atoms with Crippen molar-refractivity contribution < 1.29 is 9.90 Å². The second-order valence-electron chi connectivity index (χ2n) is 5.43. The minimum Gasteiger partial charge on any atom is -0.395 e. The Bertz CT molecular complexity index is 265. The molecule has 2 fully saturated rings. The highest BCUT2D eigenvalue weighted by Gasteiger charge is 2.24. The van der Waals surface area contributed by atoms with Crippen molar-refractivity contribution in [2.24, 2.45) is 5.92 Å². The van der Waals surface area contributed by atoms with Gasteiger partial charge in [0.1, 0.15) is 0 Å². The number of nitrogens with zero attached hydrogens (tertiary/aromatic N) is 1. The summed E-state index contributed by atoms with van der Waals surface area (Å²) in [5.74, 6) is 0.697. The Hall–Kier alpha value is -0.650. The summed E-state index contributed by atoms with van der Waals surface area (Å²) in [5, 5.41) is 15.2. The van der Waals surface area contributed by atoms with Crippen LogP contribution >= 0.6 is 0 Å². The van der Waals surface area contributed by atoms with Crippen molar-refractivity contribution in [3.05, 3.63) is 0 Å². The Balaban J connectivity index is 1.67. The van der Waals surface area contributed by atoms with Crippen LogP contribution in [-0.4, -0.2) is 61.3 Å². The molecular weight excluding hydrogens is 230 g/mol. The normalized spacial score (nSPS) is 29.4. The Morgan fingerprint density at radius 1 is 1.39 bits per heavy atom. The molecule has 0 bridgehead atoms. The minimum absolute atomic E-state index is 0.0298. The molecule has 2 aliphatic heterocycles. The molecule has 0 spiro atoms. The second-order valence-corrected chi connectivity index (χ2v) is 5.43. The van der Waals surface area contributed by atoms with Crippen LogP contribution in [0.2, 0.25) is 0 Å². The number of likely N-dealkylation sites (tertiary alicyclic amines) is 1. The zero-order chi connectivity index (χ0) is 12.8. The van der Waals surface area contributed by atoms with Gasteiger partial charge >= 0.3 is 0 Å². The summed E-state index contributed by atoms with van der Waals surface area (Å²) in [5.41, 5.74) is 0. The fourth-order valence-corrected chi connectivity index (χ4v) is 2.94. The summed E-state index contributed by atoms with van der Waals surface area (Å²) in [6.45, 7) is 4.80. The Morgan fingerprint density at radius 2 is 2.28 bits per heavy atom. The lowest BCUT2D eigenvalue weighted by atomic mass is 9.98. The first-order valence-electron chi connectivity index (χ1n) is 7.14. The highest BCUT2D eigenvalue weighted by Crippen LogP contribution is 2.15. The van der Waals surface area contributed by atoms with E-state index in [-0.39, 0.29) is 18.6 Å². The summed E-state index contributed by atoms with van der Waals surface area (Å²) in [6.07, 6.45) is 4.42. The van der Waals surface area contributed by atoms with Gasteiger partial charge in [-0.1, -0.05) is 0 Å². The van der Waals surface area contributed by atoms with Crippen molar-refractivity contribution in [2.45, 2.75) is 31.7 Å². The quantitative estimate of drug-likeness (QED) is 0.623. The maximum atomic E-state index is 11.9. The van der Waals surface area contributed by atoms with E-state index in [9.17, 15) is 4.79 Å². The van der Waals surface area contributed by atoms with E-state index in [2.05, 4.69) is 15.5 Å². The maximum absolute atomic E-state index is 11.9. The number of hydrogen-bond donors (Lipinski definition) is 3. The van der Waals surface area contributed by atoms with Gasteiger partial charge in [-0.25, -0.2) is 0 Å². The molecule has 3 N–H and O–H groups in total. The average Bonchev–Trinajstić information content (AvgIpc) is 2.91. The lowest BCUT2D eigenvalue weighted by Crippen LogP contribution is -2.45. The first-order chi connectivity index (χ1) is 8.79. The van der Waals surface area contributed by atoms with E-state index in [0.29, 0.717) is 5.92 Å². The molecule has 18 heavy (non-hydrogen) atoms. The Morgan fingerprint density at radius 3 is 3.00 bits per heavy atom. The molecule has 0 saturated carbocycles. The van der Waals surface area contributed by atoms with E-state index in [1.54, 1.807) is 0 Å². The van der Waals surface area contributed by atoms with Crippen LogP contribution < -0.4 is 10.6 Å². The number of aliphatic hydroxyl groups is 1. The number of nitrogens with one attached hydrogen (secondary N) is 2. The largest absolute Gasteiger partial charge is 0.395 e. The van der Waals surface area contributed by atoms with Crippen molar-refractivity contribution >= 4 is 5.91 Å². The van der Waals surface area contributed by atoms with Gasteiger partial charge in [0, 0.05) is 19.6 Å². The summed E-state index contributed by atoms with van der Waals surface area (Å²) < 4.78 is 0. The minimum atomic E-state index is 0.0298. The zero-order valence-corrected chi connectivity index (χ0v) is 11.0. The lowest BCUT2D eigenvalue weighted by Gasteiger charge is -2.32. The fraction of sp³-hybridized carbons (Fsp3) is 0.923. The lowest BCUT2D eigenvalue weighted by molar-refractivity contribution is -0.123. The van der Waals surface area contributed by atoms with Crippen LogP contribution in [0.1, 0.15) is 25.7 Å². The highest BCUT2D eigenvalue weighted by molar-refractivity contribution is 5.81. The van der Waals surface area contributed by atoms with Gasteiger partial charge in [-0.15, -0.1) is 0 Å². The van der Waals surface area contributed by atoms with Gasteiger partial charge in [0.05, 0.1) is 12.6 Å². The topological polar surface area (TPSA) is 64.6 Å². The van der Waals surface area contributed by atoms with Gasteiger partial charge in [0.25, 0.3) is 0 Å². The molecule has 0 radical (unpaired) electrons. The molecular formula is C13H25N3O2. The highest BCUT2D eigenvalue weighted by atomic mass is 16.3. The zero-order valence-electron chi connectivity index (χ0n) is 11.0. The van der Waals surface area contributed by atoms with Gasteiger partial charge in [-0.05, 0) is 44.7 Å². The summed E-state index contributed by atoms with van der Waals surface area (Å²) in [7, 11) is 0. The van der Waals surface area contributed by atoms with Crippen molar-refractivity contribution in [3.8, 4) is 0 Å². The first-order valence-corrected chi connectivity index (χ1v) is 7.14. The van der Waals surface area contributed by atoms with Crippen LogP contribution in [0.15, 0.2) is 0 Å². The smallest absolute Gasteiger partial charge is 0.237 e. The number of carbonyl (C=O) groups excluding carboxylic acids is 1. The molecule has 2 atom stereocenters. The molecule has 0 aromatic rings. The first kappa shape index (κ1) is 13.8. The van der Waals surface area contributed by atoms with Gasteiger partial charge in [-0.2, -0.15) is 0 Å². The van der Waals surface area contributed by atoms with Crippen LogP contribution in [0.3, 0.4) is 0 Å². The molecule has 2 heterocycles. The number of β-amino-alcohol motifs (C(OH)–C–C–N with tert-alkyl or cyclic N) is 1. The van der Waals surface area contributed by atoms with E-state index < -0.39 is 0 Å². The Kier molecular flexibility index (Phi) is 5.41. The van der Waals surface area contributed by atoms with Crippen molar-refractivity contribution in [1.29, 1.82) is 0 Å². The summed E-state index contributed by atoms with van der Waals surface area (Å²) >= 11 is 0. The third kappa shape index (κ3) is 3.93. The van der Waals surface area contributed by atoms with Crippen LogP contribution in [0, 0.1) is 5.92 Å². The van der Waals surface area contributed by atoms with E-state index in [4.69, 9.17) is 5.11 Å². The molecule has 5 nitrogen and oxygen atoms in total. The standard InChI is InChI=1S/C13H25N3O2/c17-8-7-16-6-2-3-11(10-16)9-15-13(18)12-4-1-5-14-12/h11-12,14,17H,1-10H2,(H,15,18). The molecule has 2 aliphatic rings. The molecule has 1 amide bonds. The number of piperidine rings is 1. The number of aliphatic hydroxyl groups excluding tert-OH is 1. The monoisotopic (exact) mass is 255 g/mol. The predicted octanol–water partition coefficient (Wildman–Crippen LogP) is -0.441. The van der Waals surface area contributed by atoms with Crippen LogP contribution in [0.5, 0.6) is 0 Å². The number of hydrogen-bond acceptors (Lipinski definition) is 4. The molecule has 2 saturated heterocycles. The molecule has 2 rings (SSSR count). The van der Waals surface area contributed by atoms with Gasteiger partial charge < -0.3 is 20.6 Å². The number of amides is 1. The Labute approximate surface area is 109 Å². The third-order valence-corrected chi connectivity index (χ3v) is 3.96.